The number of nitrogens with zero attached hydrogens (tertiary/aromatic N) is 2. The number of H-pyrrole nitrogens is 1. The molecule has 0 atom stereocenters. The summed E-state index contributed by atoms with van der Waals surface area (Å²) in [6.45, 7) is 0. The quantitative estimate of drug-likeness (QED) is 0.226. The Balaban J connectivity index is 1.37. The number of nitro benzene ring substituents is 1. The van der Waals surface area contributed by atoms with Crippen LogP contribution in [-0.4, -0.2) is 20.8 Å². The number of amides is 1. The summed E-state index contributed by atoms with van der Waals surface area (Å²) in [5, 5.41) is 16.1. The molecule has 0 aliphatic rings. The number of pyridine rings is 1. The molecule has 0 saturated heterocycles. The van der Waals surface area contributed by atoms with Crippen LogP contribution >= 0.6 is 0 Å². The SMILES string of the molecule is O=C(CCCc1c(-c2ccc3ccccc3n2)[nH]c2ccccc12)Nc1ccccc1[N+](=O)[O-]. The van der Waals surface area contributed by atoms with Crippen molar-refractivity contribution in [1.29, 1.82) is 0 Å². The highest BCUT2D eigenvalue weighted by Crippen LogP contribution is 2.32. The molecule has 2 heterocycles. The fourth-order valence-corrected chi connectivity index (χ4v) is 4.26. The normalized spacial score (nSPS) is 11.1. The molecule has 0 radical (unpaired) electrons. The fourth-order valence-electron chi connectivity index (χ4n) is 4.26. The summed E-state index contributed by atoms with van der Waals surface area (Å²) in [5.41, 5.74) is 4.96. The second-order valence-electron chi connectivity index (χ2n) is 8.09. The van der Waals surface area contributed by atoms with Crippen LogP contribution in [0.2, 0.25) is 0 Å². The van der Waals surface area contributed by atoms with Crippen molar-refractivity contribution in [1.82, 2.24) is 9.97 Å². The van der Waals surface area contributed by atoms with Crippen molar-refractivity contribution < 1.29 is 9.72 Å². The molecule has 0 aliphatic heterocycles. The van der Waals surface area contributed by atoms with Gasteiger partial charge in [-0.2, -0.15) is 0 Å². The van der Waals surface area contributed by atoms with E-state index in [0.717, 1.165) is 38.8 Å². The van der Waals surface area contributed by atoms with Crippen LogP contribution in [0, 0.1) is 10.1 Å². The minimum Gasteiger partial charge on any atom is -0.353 e. The van der Waals surface area contributed by atoms with Gasteiger partial charge in [-0.15, -0.1) is 0 Å². The van der Waals surface area contributed by atoms with Crippen LogP contribution in [0.5, 0.6) is 0 Å². The molecule has 0 spiro atoms. The van der Waals surface area contributed by atoms with Crippen molar-refractivity contribution in [3.63, 3.8) is 0 Å². The molecule has 0 unspecified atom stereocenters. The maximum atomic E-state index is 12.5. The van der Waals surface area contributed by atoms with Gasteiger partial charge in [0.1, 0.15) is 5.69 Å². The third kappa shape index (κ3) is 4.23. The number of para-hydroxylation sites is 4. The number of carbonyl (C=O) groups is 1. The molecular weight excluding hydrogens is 428 g/mol. The number of nitro groups is 1. The van der Waals surface area contributed by atoms with Gasteiger partial charge in [0.2, 0.25) is 5.91 Å². The fraction of sp³-hybridized carbons (Fsp3) is 0.111. The number of carbonyl (C=O) groups excluding carboxylic acids is 1. The Bertz CT molecular complexity index is 1520. The van der Waals surface area contributed by atoms with Crippen LogP contribution in [0.15, 0.2) is 84.9 Å². The topological polar surface area (TPSA) is 101 Å². The van der Waals surface area contributed by atoms with Gasteiger partial charge in [-0.25, -0.2) is 4.98 Å². The molecule has 34 heavy (non-hydrogen) atoms. The molecule has 7 nitrogen and oxygen atoms in total. The molecular formula is C27H22N4O3. The minimum atomic E-state index is -0.496. The second kappa shape index (κ2) is 9.15. The maximum Gasteiger partial charge on any atom is 0.292 e. The highest BCUT2D eigenvalue weighted by molar-refractivity contribution is 5.94. The third-order valence-corrected chi connectivity index (χ3v) is 5.87. The molecule has 2 N–H and O–H groups in total. The van der Waals surface area contributed by atoms with Crippen LogP contribution in [-0.2, 0) is 11.2 Å². The first-order valence-corrected chi connectivity index (χ1v) is 11.1. The highest BCUT2D eigenvalue weighted by Gasteiger charge is 2.17. The zero-order valence-electron chi connectivity index (χ0n) is 18.3. The maximum absolute atomic E-state index is 12.5. The number of anilines is 1. The Morgan fingerprint density at radius 2 is 1.71 bits per heavy atom. The second-order valence-corrected chi connectivity index (χ2v) is 8.09. The Hall–Kier alpha value is -4.52. The Labute approximate surface area is 195 Å². The van der Waals surface area contributed by atoms with Gasteiger partial charge >= 0.3 is 0 Å². The lowest BCUT2D eigenvalue weighted by atomic mass is 10.0. The molecule has 5 aromatic rings. The molecule has 168 valence electrons. The number of aromatic amines is 1. The predicted molar refractivity (Wildman–Crippen MR) is 134 cm³/mol. The number of aromatic nitrogens is 2. The summed E-state index contributed by atoms with van der Waals surface area (Å²) >= 11 is 0. The van der Waals surface area contributed by atoms with Crippen molar-refractivity contribution in [2.75, 3.05) is 5.32 Å². The average Bonchev–Trinajstić information content (AvgIpc) is 3.22. The predicted octanol–water partition coefficient (Wildman–Crippen LogP) is 6.25. The average molecular weight is 450 g/mol. The van der Waals surface area contributed by atoms with E-state index in [1.165, 1.54) is 6.07 Å². The Morgan fingerprint density at radius 3 is 2.59 bits per heavy atom. The van der Waals surface area contributed by atoms with E-state index in [9.17, 15) is 14.9 Å². The number of aryl methyl sites for hydroxylation is 1. The van der Waals surface area contributed by atoms with E-state index in [4.69, 9.17) is 4.98 Å². The number of benzene rings is 3. The van der Waals surface area contributed by atoms with Gasteiger partial charge in [-0.05, 0) is 42.7 Å². The first kappa shape index (κ1) is 21.3. The Morgan fingerprint density at radius 1 is 0.941 bits per heavy atom. The van der Waals surface area contributed by atoms with Crippen molar-refractivity contribution in [2.45, 2.75) is 19.3 Å². The smallest absolute Gasteiger partial charge is 0.292 e. The lowest BCUT2D eigenvalue weighted by Gasteiger charge is -2.08. The highest BCUT2D eigenvalue weighted by atomic mass is 16.6. The lowest BCUT2D eigenvalue weighted by Crippen LogP contribution is -2.12. The van der Waals surface area contributed by atoms with Crippen LogP contribution < -0.4 is 5.32 Å². The summed E-state index contributed by atoms with van der Waals surface area (Å²) in [6, 6.07) is 26.3. The van der Waals surface area contributed by atoms with Gasteiger partial charge in [-0.1, -0.05) is 54.6 Å². The molecule has 0 saturated carbocycles. The zero-order valence-corrected chi connectivity index (χ0v) is 18.3. The van der Waals surface area contributed by atoms with Gasteiger partial charge in [-0.3, -0.25) is 14.9 Å². The molecule has 0 fully saturated rings. The number of hydrogen-bond donors (Lipinski definition) is 2. The summed E-state index contributed by atoms with van der Waals surface area (Å²) in [6.07, 6.45) is 1.50. The van der Waals surface area contributed by atoms with E-state index >= 15 is 0 Å². The van der Waals surface area contributed by atoms with E-state index in [-0.39, 0.29) is 23.7 Å². The van der Waals surface area contributed by atoms with Crippen LogP contribution in [0.4, 0.5) is 11.4 Å². The van der Waals surface area contributed by atoms with Gasteiger partial charge in [0.15, 0.2) is 0 Å². The molecule has 3 aromatic carbocycles. The van der Waals surface area contributed by atoms with Crippen LogP contribution in [0.1, 0.15) is 18.4 Å². The number of hydrogen-bond acceptors (Lipinski definition) is 4. The number of rotatable bonds is 7. The summed E-state index contributed by atoms with van der Waals surface area (Å²) in [5.74, 6) is -0.250. The largest absolute Gasteiger partial charge is 0.353 e. The molecule has 1 amide bonds. The number of fused-ring (bicyclic) bond motifs is 2. The van der Waals surface area contributed by atoms with Crippen LogP contribution in [0.3, 0.4) is 0 Å². The molecule has 7 heteroatoms. The van der Waals surface area contributed by atoms with Crippen molar-refractivity contribution in [2.24, 2.45) is 0 Å². The van der Waals surface area contributed by atoms with Gasteiger partial charge in [0.25, 0.3) is 5.69 Å². The molecule has 0 bridgehead atoms. The standard InChI is InChI=1S/C27H22N4O3/c32-26(29-23-13-5-6-14-25(23)31(33)34)15-7-10-20-19-9-2-4-12-22(19)30-27(20)24-17-16-18-8-1-3-11-21(18)28-24/h1-6,8-9,11-14,16-17,30H,7,10,15H2,(H,29,32). The molecule has 5 rings (SSSR count). The molecule has 2 aromatic heterocycles. The van der Waals surface area contributed by atoms with Gasteiger partial charge in [0, 0.05) is 28.8 Å². The lowest BCUT2D eigenvalue weighted by molar-refractivity contribution is -0.383. The summed E-state index contributed by atoms with van der Waals surface area (Å²) < 4.78 is 0. The first-order chi connectivity index (χ1) is 16.6. The van der Waals surface area contributed by atoms with Crippen molar-refractivity contribution in [3.8, 4) is 11.4 Å². The van der Waals surface area contributed by atoms with Crippen molar-refractivity contribution in [3.05, 3.63) is 101 Å². The molecule has 0 aliphatic carbocycles. The number of nitrogens with one attached hydrogen (secondary N) is 2. The third-order valence-electron chi connectivity index (χ3n) is 5.87. The van der Waals surface area contributed by atoms with E-state index in [1.54, 1.807) is 18.2 Å². The Kier molecular flexibility index (Phi) is 5.74. The van der Waals surface area contributed by atoms with Crippen LogP contribution in [0.25, 0.3) is 33.2 Å². The van der Waals surface area contributed by atoms with E-state index in [2.05, 4.69) is 22.4 Å². The first-order valence-electron chi connectivity index (χ1n) is 11.1. The van der Waals surface area contributed by atoms with E-state index in [1.807, 2.05) is 48.5 Å². The summed E-state index contributed by atoms with van der Waals surface area (Å²) in [4.78, 5) is 31.6. The van der Waals surface area contributed by atoms with Gasteiger partial charge in [0.05, 0.1) is 21.8 Å². The monoisotopic (exact) mass is 450 g/mol. The van der Waals surface area contributed by atoms with E-state index < -0.39 is 4.92 Å². The minimum absolute atomic E-state index is 0.114. The van der Waals surface area contributed by atoms with Gasteiger partial charge < -0.3 is 10.3 Å². The zero-order chi connectivity index (χ0) is 23.5. The summed E-state index contributed by atoms with van der Waals surface area (Å²) in [7, 11) is 0. The van der Waals surface area contributed by atoms with Crippen molar-refractivity contribution >= 4 is 39.1 Å². The van der Waals surface area contributed by atoms with E-state index in [0.29, 0.717) is 12.8 Å².